The van der Waals surface area contributed by atoms with E-state index in [4.69, 9.17) is 4.74 Å². The van der Waals surface area contributed by atoms with Crippen LogP contribution in [0.1, 0.15) is 16.7 Å². The van der Waals surface area contributed by atoms with Crippen molar-refractivity contribution in [1.29, 1.82) is 0 Å². The smallest absolute Gasteiger partial charge is 0.410 e. The molecule has 2 aliphatic heterocycles. The zero-order valence-electron chi connectivity index (χ0n) is 15.1. The van der Waals surface area contributed by atoms with E-state index in [1.165, 1.54) is 16.0 Å². The summed E-state index contributed by atoms with van der Waals surface area (Å²) in [7, 11) is 0. The van der Waals surface area contributed by atoms with Crippen molar-refractivity contribution in [3.8, 4) is 0 Å². The third-order valence-corrected chi connectivity index (χ3v) is 4.95. The first-order valence-electron chi connectivity index (χ1n) is 9.15. The van der Waals surface area contributed by atoms with Gasteiger partial charge in [0.15, 0.2) is 0 Å². The van der Waals surface area contributed by atoms with E-state index in [1.807, 2.05) is 12.1 Å². The normalized spacial score (nSPS) is 16.1. The number of nitrogens with one attached hydrogen (secondary N) is 1. The predicted molar refractivity (Wildman–Crippen MR) is 100 cm³/mol. The molecule has 0 radical (unpaired) electrons. The van der Waals surface area contributed by atoms with Crippen molar-refractivity contribution in [2.75, 3.05) is 31.1 Å². The van der Waals surface area contributed by atoms with E-state index < -0.39 is 6.09 Å². The van der Waals surface area contributed by atoms with Crippen LogP contribution in [0.15, 0.2) is 42.6 Å². The molecule has 1 saturated heterocycles. The molecule has 2 aliphatic rings. The van der Waals surface area contributed by atoms with E-state index >= 15 is 0 Å². The van der Waals surface area contributed by atoms with Crippen molar-refractivity contribution in [2.24, 2.45) is 0 Å². The van der Waals surface area contributed by atoms with Gasteiger partial charge >= 0.3 is 6.09 Å². The van der Waals surface area contributed by atoms with Crippen molar-refractivity contribution in [3.05, 3.63) is 59.3 Å². The fraction of sp³-hybridized carbons (Fsp3) is 0.350. The van der Waals surface area contributed by atoms with Crippen LogP contribution in [0, 0.1) is 0 Å². The minimum absolute atomic E-state index is 0.0194. The number of rotatable bonds is 5. The predicted octanol–water partition coefficient (Wildman–Crippen LogP) is 1.71. The van der Waals surface area contributed by atoms with E-state index in [0.29, 0.717) is 19.7 Å². The molecule has 4 rings (SSSR count). The summed E-state index contributed by atoms with van der Waals surface area (Å²) in [6.07, 6.45) is 2.33. The first-order valence-corrected chi connectivity index (χ1v) is 9.15. The summed E-state index contributed by atoms with van der Waals surface area (Å²) in [6.45, 7) is 2.91. The number of anilines is 1. The average molecular weight is 366 g/mol. The maximum atomic E-state index is 12.2. The molecule has 1 fully saturated rings. The van der Waals surface area contributed by atoms with Crippen LogP contribution in [0.2, 0.25) is 0 Å². The first kappa shape index (κ1) is 17.3. The minimum Gasteiger partial charge on any atom is -0.448 e. The van der Waals surface area contributed by atoms with Gasteiger partial charge in [0, 0.05) is 31.4 Å². The maximum Gasteiger partial charge on any atom is 0.410 e. The van der Waals surface area contributed by atoms with Gasteiger partial charge in [-0.2, -0.15) is 0 Å². The fourth-order valence-corrected chi connectivity index (χ4v) is 3.52. The number of carbonyl (C=O) groups is 2. The highest BCUT2D eigenvalue weighted by molar-refractivity contribution is 5.82. The number of ether oxygens (including phenoxy) is 1. The topological polar surface area (TPSA) is 74.8 Å². The van der Waals surface area contributed by atoms with Gasteiger partial charge in [-0.1, -0.05) is 30.3 Å². The molecular weight excluding hydrogens is 344 g/mol. The standard InChI is InChI=1S/C20H22N4O3/c25-18(14-24-10-11-27-20(24)26)22-12-16-6-3-8-21-19(16)23-9-7-15-4-1-2-5-17(15)13-23/h1-6,8H,7,9-14H2,(H,22,25). The van der Waals surface area contributed by atoms with Gasteiger partial charge in [-0.25, -0.2) is 9.78 Å². The van der Waals surface area contributed by atoms with Crippen LogP contribution in [0.3, 0.4) is 0 Å². The molecular formula is C20H22N4O3. The molecule has 2 amide bonds. The Balaban J connectivity index is 1.41. The molecule has 140 valence electrons. The Morgan fingerprint density at radius 1 is 1.15 bits per heavy atom. The lowest BCUT2D eigenvalue weighted by atomic mass is 9.99. The zero-order chi connectivity index (χ0) is 18.6. The quantitative estimate of drug-likeness (QED) is 0.872. The van der Waals surface area contributed by atoms with Crippen molar-refractivity contribution in [2.45, 2.75) is 19.5 Å². The minimum atomic E-state index is -0.431. The van der Waals surface area contributed by atoms with Crippen LogP contribution in [0.4, 0.5) is 10.6 Å². The summed E-state index contributed by atoms with van der Waals surface area (Å²) in [5, 5.41) is 2.89. The number of pyridine rings is 1. The highest BCUT2D eigenvalue weighted by Gasteiger charge is 2.24. The monoisotopic (exact) mass is 366 g/mol. The number of amides is 2. The van der Waals surface area contributed by atoms with Gasteiger partial charge in [0.1, 0.15) is 19.0 Å². The van der Waals surface area contributed by atoms with Crippen LogP contribution in [-0.2, 0) is 29.0 Å². The van der Waals surface area contributed by atoms with Crippen molar-refractivity contribution < 1.29 is 14.3 Å². The molecule has 0 saturated carbocycles. The number of aromatic nitrogens is 1. The van der Waals surface area contributed by atoms with Crippen LogP contribution in [0.5, 0.6) is 0 Å². The van der Waals surface area contributed by atoms with Gasteiger partial charge in [0.05, 0.1) is 6.54 Å². The zero-order valence-corrected chi connectivity index (χ0v) is 15.1. The van der Waals surface area contributed by atoms with E-state index in [-0.39, 0.29) is 12.5 Å². The SMILES string of the molecule is O=C(CN1CCOC1=O)NCc1cccnc1N1CCc2ccccc2C1. The highest BCUT2D eigenvalue weighted by Crippen LogP contribution is 2.25. The second-order valence-corrected chi connectivity index (χ2v) is 6.74. The van der Waals surface area contributed by atoms with Crippen molar-refractivity contribution in [1.82, 2.24) is 15.2 Å². The molecule has 0 unspecified atom stereocenters. The second kappa shape index (κ2) is 7.65. The summed E-state index contributed by atoms with van der Waals surface area (Å²) < 4.78 is 4.85. The third kappa shape index (κ3) is 3.86. The Kier molecular flexibility index (Phi) is 4.91. The van der Waals surface area contributed by atoms with Crippen LogP contribution in [0.25, 0.3) is 0 Å². The molecule has 0 bridgehead atoms. The maximum absolute atomic E-state index is 12.2. The molecule has 0 atom stereocenters. The lowest BCUT2D eigenvalue weighted by Crippen LogP contribution is -2.38. The Morgan fingerprint density at radius 3 is 2.81 bits per heavy atom. The first-order chi connectivity index (χ1) is 13.2. The molecule has 27 heavy (non-hydrogen) atoms. The molecule has 3 heterocycles. The van der Waals surface area contributed by atoms with Crippen LogP contribution in [-0.4, -0.2) is 48.1 Å². The molecule has 0 aliphatic carbocycles. The fourth-order valence-electron chi connectivity index (χ4n) is 3.52. The van der Waals surface area contributed by atoms with Gasteiger partial charge in [-0.3, -0.25) is 9.69 Å². The third-order valence-electron chi connectivity index (χ3n) is 4.95. The summed E-state index contributed by atoms with van der Waals surface area (Å²) in [4.78, 5) is 31.8. The van der Waals surface area contributed by atoms with Crippen LogP contribution < -0.4 is 10.2 Å². The molecule has 0 spiro atoms. The molecule has 7 heteroatoms. The Hall–Kier alpha value is -3.09. The van der Waals surface area contributed by atoms with E-state index in [9.17, 15) is 9.59 Å². The number of cyclic esters (lactones) is 1. The Morgan fingerprint density at radius 2 is 2.00 bits per heavy atom. The lowest BCUT2D eigenvalue weighted by Gasteiger charge is -2.31. The van der Waals surface area contributed by atoms with Gasteiger partial charge in [-0.15, -0.1) is 0 Å². The molecule has 1 aromatic carbocycles. The number of hydrogen-bond acceptors (Lipinski definition) is 5. The Bertz CT molecular complexity index is 855. The summed E-state index contributed by atoms with van der Waals surface area (Å²) in [5.41, 5.74) is 3.67. The van der Waals surface area contributed by atoms with Gasteiger partial charge < -0.3 is 15.0 Å². The molecule has 1 aromatic heterocycles. The number of benzene rings is 1. The highest BCUT2D eigenvalue weighted by atomic mass is 16.6. The average Bonchev–Trinajstić information content (AvgIpc) is 3.10. The van der Waals surface area contributed by atoms with E-state index in [2.05, 4.69) is 39.5 Å². The number of carbonyl (C=O) groups excluding carboxylic acids is 2. The van der Waals surface area contributed by atoms with Crippen molar-refractivity contribution >= 4 is 17.8 Å². The second-order valence-electron chi connectivity index (χ2n) is 6.74. The number of fused-ring (bicyclic) bond motifs is 1. The van der Waals surface area contributed by atoms with E-state index in [0.717, 1.165) is 30.9 Å². The summed E-state index contributed by atoms with van der Waals surface area (Å²) in [6, 6.07) is 12.3. The summed E-state index contributed by atoms with van der Waals surface area (Å²) >= 11 is 0. The van der Waals surface area contributed by atoms with Gasteiger partial charge in [0.25, 0.3) is 0 Å². The molecule has 1 N–H and O–H groups in total. The van der Waals surface area contributed by atoms with Crippen molar-refractivity contribution in [3.63, 3.8) is 0 Å². The van der Waals surface area contributed by atoms with Crippen LogP contribution >= 0.6 is 0 Å². The summed E-state index contributed by atoms with van der Waals surface area (Å²) in [5.74, 6) is 0.695. The van der Waals surface area contributed by atoms with Gasteiger partial charge in [-0.05, 0) is 23.6 Å². The van der Waals surface area contributed by atoms with E-state index in [1.54, 1.807) is 6.20 Å². The lowest BCUT2D eigenvalue weighted by molar-refractivity contribution is -0.121. The largest absolute Gasteiger partial charge is 0.448 e. The number of nitrogens with zero attached hydrogens (tertiary/aromatic N) is 3. The molecule has 7 nitrogen and oxygen atoms in total. The number of hydrogen-bond donors (Lipinski definition) is 1. The van der Waals surface area contributed by atoms with Gasteiger partial charge in [0.2, 0.25) is 5.91 Å². The Labute approximate surface area is 157 Å². The molecule has 2 aromatic rings.